The van der Waals surface area contributed by atoms with Crippen LogP contribution < -0.4 is 5.32 Å². The van der Waals surface area contributed by atoms with Crippen molar-refractivity contribution < 1.29 is 4.79 Å². The molecule has 0 spiro atoms. The van der Waals surface area contributed by atoms with E-state index in [1.54, 1.807) is 6.07 Å². The maximum absolute atomic E-state index is 12.2. The highest BCUT2D eigenvalue weighted by Crippen LogP contribution is 2.12. The third-order valence-corrected chi connectivity index (χ3v) is 3.55. The molecule has 5 heteroatoms. The first kappa shape index (κ1) is 14.8. The van der Waals surface area contributed by atoms with Gasteiger partial charge in [-0.2, -0.15) is 0 Å². The molecule has 2 rings (SSSR count). The fourth-order valence-electron chi connectivity index (χ4n) is 2.29. The molecule has 0 radical (unpaired) electrons. The lowest BCUT2D eigenvalue weighted by Crippen LogP contribution is -2.36. The molecule has 1 amide bonds. The van der Waals surface area contributed by atoms with E-state index in [4.69, 9.17) is 0 Å². The summed E-state index contributed by atoms with van der Waals surface area (Å²) in [6, 6.07) is 3.60. The summed E-state index contributed by atoms with van der Waals surface area (Å²) in [5, 5.41) is 11.4. The molecule has 0 saturated carbocycles. The minimum absolute atomic E-state index is 0.00549. The van der Waals surface area contributed by atoms with Crippen molar-refractivity contribution in [3.63, 3.8) is 0 Å². The van der Waals surface area contributed by atoms with Crippen LogP contribution in [0.1, 0.15) is 50.0 Å². The predicted molar refractivity (Wildman–Crippen MR) is 79.7 cm³/mol. The molecule has 0 aromatic carbocycles. The normalized spacial score (nSPS) is 15.4. The average molecular weight is 276 g/mol. The van der Waals surface area contributed by atoms with Crippen molar-refractivity contribution in [2.45, 2.75) is 39.5 Å². The number of likely N-dealkylation sites (tertiary alicyclic amines) is 1. The smallest absolute Gasteiger partial charge is 0.274 e. The van der Waals surface area contributed by atoms with E-state index in [1.807, 2.05) is 11.0 Å². The number of nitrogens with zero attached hydrogens (tertiary/aromatic N) is 3. The maximum Gasteiger partial charge on any atom is 0.274 e. The van der Waals surface area contributed by atoms with Crippen LogP contribution in [0.2, 0.25) is 0 Å². The number of aromatic nitrogens is 2. The minimum atomic E-state index is 0.00549. The number of piperidine rings is 1. The average Bonchev–Trinajstić information content (AvgIpc) is 2.48. The zero-order chi connectivity index (χ0) is 14.4. The number of rotatable bonds is 5. The number of nitrogens with one attached hydrogen (secondary N) is 1. The van der Waals surface area contributed by atoms with Crippen LogP contribution in [0.5, 0.6) is 0 Å². The molecule has 1 aromatic rings. The molecule has 2 heterocycles. The SMILES string of the molecule is CC(C)CCNc1ccc(C(=O)N2CCCCC2)nn1. The summed E-state index contributed by atoms with van der Waals surface area (Å²) in [7, 11) is 0. The molecule has 1 saturated heterocycles. The fourth-order valence-corrected chi connectivity index (χ4v) is 2.29. The van der Waals surface area contributed by atoms with Gasteiger partial charge in [0.1, 0.15) is 5.82 Å². The van der Waals surface area contributed by atoms with Gasteiger partial charge in [0.15, 0.2) is 5.69 Å². The van der Waals surface area contributed by atoms with Crippen molar-refractivity contribution in [3.05, 3.63) is 17.8 Å². The van der Waals surface area contributed by atoms with Gasteiger partial charge in [0.2, 0.25) is 0 Å². The molecule has 0 aliphatic carbocycles. The Morgan fingerprint density at radius 1 is 1.25 bits per heavy atom. The highest BCUT2D eigenvalue weighted by Gasteiger charge is 2.19. The summed E-state index contributed by atoms with van der Waals surface area (Å²) in [6.07, 6.45) is 4.49. The zero-order valence-electron chi connectivity index (χ0n) is 12.4. The number of hydrogen-bond donors (Lipinski definition) is 1. The highest BCUT2D eigenvalue weighted by atomic mass is 16.2. The molecule has 1 aliphatic heterocycles. The van der Waals surface area contributed by atoms with Gasteiger partial charge in [0.05, 0.1) is 0 Å². The van der Waals surface area contributed by atoms with Gasteiger partial charge in [-0.25, -0.2) is 0 Å². The Balaban J connectivity index is 1.88. The van der Waals surface area contributed by atoms with Crippen molar-refractivity contribution in [1.29, 1.82) is 0 Å². The number of anilines is 1. The van der Waals surface area contributed by atoms with Crippen molar-refractivity contribution in [2.75, 3.05) is 25.0 Å². The van der Waals surface area contributed by atoms with Gasteiger partial charge < -0.3 is 10.2 Å². The van der Waals surface area contributed by atoms with Crippen LogP contribution in [-0.2, 0) is 0 Å². The molecule has 0 unspecified atom stereocenters. The third kappa shape index (κ3) is 4.18. The van der Waals surface area contributed by atoms with Crippen molar-refractivity contribution >= 4 is 11.7 Å². The molecule has 0 bridgehead atoms. The van der Waals surface area contributed by atoms with E-state index in [-0.39, 0.29) is 5.91 Å². The third-order valence-electron chi connectivity index (χ3n) is 3.55. The number of hydrogen-bond acceptors (Lipinski definition) is 4. The van der Waals surface area contributed by atoms with Crippen LogP contribution in [-0.4, -0.2) is 40.6 Å². The molecular formula is C15H24N4O. The van der Waals surface area contributed by atoms with Crippen molar-refractivity contribution in [3.8, 4) is 0 Å². The lowest BCUT2D eigenvalue weighted by molar-refractivity contribution is 0.0717. The molecule has 0 atom stereocenters. The number of carbonyl (C=O) groups is 1. The van der Waals surface area contributed by atoms with Crippen LogP contribution in [0.15, 0.2) is 12.1 Å². The molecule has 1 aromatic heterocycles. The van der Waals surface area contributed by atoms with Gasteiger partial charge in [0.25, 0.3) is 5.91 Å². The summed E-state index contributed by atoms with van der Waals surface area (Å²) in [6.45, 7) is 6.94. The predicted octanol–water partition coefficient (Wildman–Crippen LogP) is 2.56. The van der Waals surface area contributed by atoms with Crippen LogP contribution >= 0.6 is 0 Å². The fraction of sp³-hybridized carbons (Fsp3) is 0.667. The Labute approximate surface area is 120 Å². The van der Waals surface area contributed by atoms with Crippen molar-refractivity contribution in [1.82, 2.24) is 15.1 Å². The standard InChI is InChI=1S/C15H24N4O/c1-12(2)8-9-16-14-7-6-13(17-18-14)15(20)19-10-4-3-5-11-19/h6-7,12H,3-5,8-11H2,1-2H3,(H,16,18). The maximum atomic E-state index is 12.2. The van der Waals surface area contributed by atoms with E-state index in [1.165, 1.54) is 6.42 Å². The highest BCUT2D eigenvalue weighted by molar-refractivity contribution is 5.92. The van der Waals surface area contributed by atoms with Gasteiger partial charge in [-0.05, 0) is 43.7 Å². The Morgan fingerprint density at radius 2 is 2.00 bits per heavy atom. The van der Waals surface area contributed by atoms with Gasteiger partial charge in [-0.3, -0.25) is 4.79 Å². The van der Waals surface area contributed by atoms with E-state index in [9.17, 15) is 4.79 Å². The van der Waals surface area contributed by atoms with Gasteiger partial charge >= 0.3 is 0 Å². The first-order valence-electron chi connectivity index (χ1n) is 7.53. The van der Waals surface area contributed by atoms with Crippen LogP contribution in [0.3, 0.4) is 0 Å². The Hall–Kier alpha value is -1.65. The summed E-state index contributed by atoms with van der Waals surface area (Å²) >= 11 is 0. The van der Waals surface area contributed by atoms with Gasteiger partial charge in [-0.15, -0.1) is 10.2 Å². The number of amides is 1. The molecule has 20 heavy (non-hydrogen) atoms. The Morgan fingerprint density at radius 3 is 2.60 bits per heavy atom. The second-order valence-electron chi connectivity index (χ2n) is 5.77. The quantitative estimate of drug-likeness (QED) is 0.898. The summed E-state index contributed by atoms with van der Waals surface area (Å²) in [5.41, 5.74) is 0.446. The summed E-state index contributed by atoms with van der Waals surface area (Å²) in [5.74, 6) is 1.40. The second kappa shape index (κ2) is 7.22. The Kier molecular flexibility index (Phi) is 5.32. The molecular weight excluding hydrogens is 252 g/mol. The molecule has 1 fully saturated rings. The summed E-state index contributed by atoms with van der Waals surface area (Å²) in [4.78, 5) is 14.1. The largest absolute Gasteiger partial charge is 0.369 e. The minimum Gasteiger partial charge on any atom is -0.369 e. The van der Waals surface area contributed by atoms with Crippen LogP contribution in [0.4, 0.5) is 5.82 Å². The van der Waals surface area contributed by atoms with E-state index in [0.29, 0.717) is 11.6 Å². The van der Waals surface area contributed by atoms with E-state index in [0.717, 1.165) is 44.7 Å². The number of carbonyl (C=O) groups excluding carboxylic acids is 1. The van der Waals surface area contributed by atoms with E-state index < -0.39 is 0 Å². The molecule has 1 aliphatic rings. The second-order valence-corrected chi connectivity index (χ2v) is 5.77. The van der Waals surface area contributed by atoms with Crippen molar-refractivity contribution in [2.24, 2.45) is 5.92 Å². The molecule has 110 valence electrons. The molecule has 1 N–H and O–H groups in total. The van der Waals surface area contributed by atoms with Gasteiger partial charge in [0, 0.05) is 19.6 Å². The topological polar surface area (TPSA) is 58.1 Å². The van der Waals surface area contributed by atoms with E-state index in [2.05, 4.69) is 29.4 Å². The van der Waals surface area contributed by atoms with E-state index >= 15 is 0 Å². The zero-order valence-corrected chi connectivity index (χ0v) is 12.4. The van der Waals surface area contributed by atoms with Crippen LogP contribution in [0.25, 0.3) is 0 Å². The first-order chi connectivity index (χ1) is 9.66. The first-order valence-corrected chi connectivity index (χ1v) is 7.53. The Bertz CT molecular complexity index is 424. The van der Waals surface area contributed by atoms with Gasteiger partial charge in [-0.1, -0.05) is 13.8 Å². The lowest BCUT2D eigenvalue weighted by Gasteiger charge is -2.26. The lowest BCUT2D eigenvalue weighted by atomic mass is 10.1. The summed E-state index contributed by atoms with van der Waals surface area (Å²) < 4.78 is 0. The molecule has 5 nitrogen and oxygen atoms in total. The van der Waals surface area contributed by atoms with Crippen LogP contribution in [0, 0.1) is 5.92 Å². The monoisotopic (exact) mass is 276 g/mol.